The van der Waals surface area contributed by atoms with Crippen LogP contribution in [0.3, 0.4) is 0 Å². The van der Waals surface area contributed by atoms with E-state index in [2.05, 4.69) is 36.4 Å². The summed E-state index contributed by atoms with van der Waals surface area (Å²) in [6.07, 6.45) is 7.95. The standard InChI is InChI=1S/C19H24N6O/c1-13(23-19(26)17-3-2-6-22-24-17)7-15-10-25(11-15)18-9-16(20-12-21-18)8-14-4-5-14/h2-3,6,9,12-15H,4-5,7-8,10-11H2,1H3,(H,23,26). The number of carbonyl (C=O) groups excluding carboxylic acids is 1. The molecular weight excluding hydrogens is 328 g/mol. The van der Waals surface area contributed by atoms with Crippen LogP contribution in [0.1, 0.15) is 42.4 Å². The molecule has 2 aliphatic rings. The van der Waals surface area contributed by atoms with Gasteiger partial charge >= 0.3 is 0 Å². The molecule has 2 aromatic rings. The van der Waals surface area contributed by atoms with E-state index in [4.69, 9.17) is 0 Å². The van der Waals surface area contributed by atoms with Gasteiger partial charge in [0.05, 0.1) is 0 Å². The number of carbonyl (C=O) groups is 1. The van der Waals surface area contributed by atoms with Crippen molar-refractivity contribution in [2.24, 2.45) is 11.8 Å². The number of nitrogens with zero attached hydrogens (tertiary/aromatic N) is 5. The largest absolute Gasteiger partial charge is 0.356 e. The van der Waals surface area contributed by atoms with Crippen LogP contribution >= 0.6 is 0 Å². The Kier molecular flexibility index (Phi) is 4.77. The van der Waals surface area contributed by atoms with Gasteiger partial charge in [0.25, 0.3) is 5.91 Å². The van der Waals surface area contributed by atoms with Crippen LogP contribution in [0.2, 0.25) is 0 Å². The van der Waals surface area contributed by atoms with Gasteiger partial charge in [0.1, 0.15) is 12.1 Å². The highest BCUT2D eigenvalue weighted by Gasteiger charge is 2.30. The maximum absolute atomic E-state index is 12.1. The molecule has 4 rings (SSSR count). The number of aromatic nitrogens is 4. The average Bonchev–Trinajstić information content (AvgIpc) is 3.42. The van der Waals surface area contributed by atoms with E-state index in [1.54, 1.807) is 24.7 Å². The molecule has 0 spiro atoms. The van der Waals surface area contributed by atoms with Gasteiger partial charge in [-0.1, -0.05) is 0 Å². The van der Waals surface area contributed by atoms with E-state index in [1.165, 1.54) is 12.8 Å². The summed E-state index contributed by atoms with van der Waals surface area (Å²) in [4.78, 5) is 23.2. The average molecular weight is 352 g/mol. The van der Waals surface area contributed by atoms with Crippen molar-refractivity contribution in [2.45, 2.75) is 38.6 Å². The Balaban J connectivity index is 1.24. The normalized spacial score (nSPS) is 18.3. The maximum Gasteiger partial charge on any atom is 0.272 e. The summed E-state index contributed by atoms with van der Waals surface area (Å²) in [6, 6.07) is 5.63. The molecule has 2 fully saturated rings. The first-order valence-corrected chi connectivity index (χ1v) is 9.32. The lowest BCUT2D eigenvalue weighted by molar-refractivity contribution is 0.0927. The molecule has 7 nitrogen and oxygen atoms in total. The second-order valence-electron chi connectivity index (χ2n) is 7.51. The van der Waals surface area contributed by atoms with Gasteiger partial charge in [-0.05, 0) is 56.6 Å². The first-order chi connectivity index (χ1) is 12.7. The Hall–Kier alpha value is -2.57. The molecule has 3 heterocycles. The quantitative estimate of drug-likeness (QED) is 0.819. The summed E-state index contributed by atoms with van der Waals surface area (Å²) >= 11 is 0. The minimum Gasteiger partial charge on any atom is -0.356 e. The lowest BCUT2D eigenvalue weighted by atomic mass is 9.92. The summed E-state index contributed by atoms with van der Waals surface area (Å²) in [5, 5.41) is 10.6. The summed E-state index contributed by atoms with van der Waals surface area (Å²) < 4.78 is 0. The van der Waals surface area contributed by atoms with E-state index >= 15 is 0 Å². The van der Waals surface area contributed by atoms with Crippen LogP contribution in [0, 0.1) is 11.8 Å². The Morgan fingerprint density at radius 2 is 2.15 bits per heavy atom. The van der Waals surface area contributed by atoms with E-state index in [-0.39, 0.29) is 11.9 Å². The van der Waals surface area contributed by atoms with Crippen LogP contribution in [0.25, 0.3) is 0 Å². The predicted molar refractivity (Wildman–Crippen MR) is 97.7 cm³/mol. The third-order valence-electron chi connectivity index (χ3n) is 5.05. The molecule has 0 bridgehead atoms. The van der Waals surface area contributed by atoms with Crippen molar-refractivity contribution in [3.63, 3.8) is 0 Å². The Morgan fingerprint density at radius 1 is 1.31 bits per heavy atom. The topological polar surface area (TPSA) is 83.9 Å². The van der Waals surface area contributed by atoms with E-state index in [1.807, 2.05) is 6.92 Å². The van der Waals surface area contributed by atoms with Gasteiger partial charge in [0.15, 0.2) is 5.69 Å². The highest BCUT2D eigenvalue weighted by Crippen LogP contribution is 2.33. The van der Waals surface area contributed by atoms with Gasteiger partial charge in [-0.25, -0.2) is 9.97 Å². The van der Waals surface area contributed by atoms with E-state index in [0.29, 0.717) is 11.6 Å². The fourth-order valence-electron chi connectivity index (χ4n) is 3.47. The molecule has 1 saturated carbocycles. The van der Waals surface area contributed by atoms with Crippen LogP contribution in [-0.2, 0) is 6.42 Å². The molecule has 1 aliphatic carbocycles. The summed E-state index contributed by atoms with van der Waals surface area (Å²) in [5.74, 6) is 2.26. The van der Waals surface area contributed by atoms with Crippen molar-refractivity contribution in [2.75, 3.05) is 18.0 Å². The van der Waals surface area contributed by atoms with Crippen molar-refractivity contribution in [3.8, 4) is 0 Å². The lowest BCUT2D eigenvalue weighted by Crippen LogP contribution is -2.50. The molecule has 1 aliphatic heterocycles. The smallest absolute Gasteiger partial charge is 0.272 e. The second kappa shape index (κ2) is 7.35. The van der Waals surface area contributed by atoms with Crippen molar-refractivity contribution in [1.82, 2.24) is 25.5 Å². The Bertz CT molecular complexity index is 758. The van der Waals surface area contributed by atoms with Crippen molar-refractivity contribution >= 4 is 11.7 Å². The number of rotatable bonds is 7. The van der Waals surface area contributed by atoms with Gasteiger partial charge in [-0.15, -0.1) is 5.10 Å². The van der Waals surface area contributed by atoms with Gasteiger partial charge in [-0.2, -0.15) is 5.10 Å². The molecule has 136 valence electrons. The molecule has 7 heteroatoms. The highest BCUT2D eigenvalue weighted by molar-refractivity contribution is 5.92. The molecule has 0 aromatic carbocycles. The number of hydrogen-bond acceptors (Lipinski definition) is 6. The zero-order valence-electron chi connectivity index (χ0n) is 15.0. The summed E-state index contributed by atoms with van der Waals surface area (Å²) in [5.41, 5.74) is 1.52. The van der Waals surface area contributed by atoms with Crippen molar-refractivity contribution in [3.05, 3.63) is 42.1 Å². The number of hydrogen-bond donors (Lipinski definition) is 1. The Morgan fingerprint density at radius 3 is 2.88 bits per heavy atom. The summed E-state index contributed by atoms with van der Waals surface area (Å²) in [7, 11) is 0. The van der Waals surface area contributed by atoms with Gasteiger partial charge in [-0.3, -0.25) is 4.79 Å². The zero-order valence-corrected chi connectivity index (χ0v) is 15.0. The van der Waals surface area contributed by atoms with E-state index in [9.17, 15) is 4.79 Å². The third-order valence-corrected chi connectivity index (χ3v) is 5.05. The second-order valence-corrected chi connectivity index (χ2v) is 7.51. The lowest BCUT2D eigenvalue weighted by Gasteiger charge is -2.41. The van der Waals surface area contributed by atoms with Crippen molar-refractivity contribution in [1.29, 1.82) is 0 Å². The van der Waals surface area contributed by atoms with Gasteiger partial charge in [0, 0.05) is 37.1 Å². The Labute approximate surface area is 153 Å². The monoisotopic (exact) mass is 352 g/mol. The molecule has 1 atom stereocenters. The first-order valence-electron chi connectivity index (χ1n) is 9.32. The fraction of sp³-hybridized carbons (Fsp3) is 0.526. The minimum atomic E-state index is -0.165. The summed E-state index contributed by atoms with van der Waals surface area (Å²) in [6.45, 7) is 3.99. The number of amides is 1. The SMILES string of the molecule is CC(CC1CN(c2cc(CC3CC3)ncn2)C1)NC(=O)c1cccnn1. The first kappa shape index (κ1) is 16.9. The van der Waals surface area contributed by atoms with Crippen LogP contribution in [-0.4, -0.2) is 45.2 Å². The predicted octanol–water partition coefficient (Wildman–Crippen LogP) is 1.86. The van der Waals surface area contributed by atoms with Crippen LogP contribution in [0.5, 0.6) is 0 Å². The van der Waals surface area contributed by atoms with Crippen molar-refractivity contribution < 1.29 is 4.79 Å². The maximum atomic E-state index is 12.1. The third kappa shape index (κ3) is 4.15. The molecule has 0 radical (unpaired) electrons. The van der Waals surface area contributed by atoms with Gasteiger partial charge in [0.2, 0.25) is 0 Å². The zero-order chi connectivity index (χ0) is 17.9. The number of nitrogens with one attached hydrogen (secondary N) is 1. The highest BCUT2D eigenvalue weighted by atomic mass is 16.2. The number of anilines is 1. The molecule has 26 heavy (non-hydrogen) atoms. The molecule has 1 N–H and O–H groups in total. The molecule has 1 amide bonds. The van der Waals surface area contributed by atoms with Crippen LogP contribution < -0.4 is 10.2 Å². The molecule has 1 unspecified atom stereocenters. The minimum absolute atomic E-state index is 0.104. The van der Waals surface area contributed by atoms with Gasteiger partial charge < -0.3 is 10.2 Å². The molecule has 2 aromatic heterocycles. The van der Waals surface area contributed by atoms with E-state index < -0.39 is 0 Å². The van der Waals surface area contributed by atoms with Crippen LogP contribution in [0.4, 0.5) is 5.82 Å². The van der Waals surface area contributed by atoms with Crippen LogP contribution in [0.15, 0.2) is 30.7 Å². The fourth-order valence-corrected chi connectivity index (χ4v) is 3.47. The molecular formula is C19H24N6O. The molecule has 1 saturated heterocycles. The van der Waals surface area contributed by atoms with E-state index in [0.717, 1.165) is 43.4 Å².